The van der Waals surface area contributed by atoms with Crippen molar-refractivity contribution in [2.45, 2.75) is 13.1 Å². The standard InChI is InChI=1S/C9H11F3N2O2S/c1-2-17(15,16)14-6-3-4-8(13)7(5-6)9(10,11)12/h3-5,14H,2,13H2,1H3. The third kappa shape index (κ3) is 3.52. The molecule has 1 aromatic carbocycles. The summed E-state index contributed by atoms with van der Waals surface area (Å²) in [5.41, 5.74) is 3.51. The molecule has 0 atom stereocenters. The van der Waals surface area contributed by atoms with E-state index in [0.29, 0.717) is 6.07 Å². The summed E-state index contributed by atoms with van der Waals surface area (Å²) in [5.74, 6) is -0.223. The van der Waals surface area contributed by atoms with Gasteiger partial charge in [-0.1, -0.05) is 0 Å². The predicted octanol–water partition coefficient (Wildman–Crippen LogP) is 2.05. The molecule has 0 fully saturated rings. The minimum absolute atomic E-state index is 0.159. The van der Waals surface area contributed by atoms with Crippen molar-refractivity contribution >= 4 is 21.4 Å². The van der Waals surface area contributed by atoms with Gasteiger partial charge in [-0.3, -0.25) is 4.72 Å². The number of nitrogens with one attached hydrogen (secondary N) is 1. The van der Waals surface area contributed by atoms with Crippen LogP contribution in [0, 0.1) is 0 Å². The predicted molar refractivity (Wildman–Crippen MR) is 58.9 cm³/mol. The Balaban J connectivity index is 3.14. The van der Waals surface area contributed by atoms with Gasteiger partial charge in [0.15, 0.2) is 0 Å². The van der Waals surface area contributed by atoms with Crippen LogP contribution in [-0.4, -0.2) is 14.2 Å². The maximum atomic E-state index is 12.5. The summed E-state index contributed by atoms with van der Waals surface area (Å²) >= 11 is 0. The van der Waals surface area contributed by atoms with Crippen LogP contribution in [0.5, 0.6) is 0 Å². The Morgan fingerprint density at radius 2 is 1.94 bits per heavy atom. The number of nitrogen functional groups attached to an aromatic ring is 1. The van der Waals surface area contributed by atoms with E-state index >= 15 is 0 Å². The highest BCUT2D eigenvalue weighted by molar-refractivity contribution is 7.92. The molecule has 0 aromatic heterocycles. The van der Waals surface area contributed by atoms with Crippen molar-refractivity contribution in [3.05, 3.63) is 23.8 Å². The minimum Gasteiger partial charge on any atom is -0.398 e. The van der Waals surface area contributed by atoms with Gasteiger partial charge in [0.05, 0.1) is 11.3 Å². The lowest BCUT2D eigenvalue weighted by Crippen LogP contribution is -2.16. The van der Waals surface area contributed by atoms with Crippen LogP contribution in [0.3, 0.4) is 0 Å². The molecule has 0 saturated carbocycles. The third-order valence-corrected chi connectivity index (χ3v) is 3.32. The molecule has 0 aliphatic carbocycles. The second-order valence-electron chi connectivity index (χ2n) is 3.31. The molecule has 0 saturated heterocycles. The lowest BCUT2D eigenvalue weighted by molar-refractivity contribution is -0.136. The molecule has 1 aromatic rings. The molecular weight excluding hydrogens is 257 g/mol. The Bertz CT molecular complexity index is 511. The van der Waals surface area contributed by atoms with Crippen LogP contribution in [0.25, 0.3) is 0 Å². The number of nitrogens with two attached hydrogens (primary N) is 1. The minimum atomic E-state index is -4.61. The van der Waals surface area contributed by atoms with Gasteiger partial charge in [0.2, 0.25) is 10.0 Å². The molecule has 8 heteroatoms. The van der Waals surface area contributed by atoms with Gasteiger partial charge in [-0.05, 0) is 25.1 Å². The molecule has 0 spiro atoms. The van der Waals surface area contributed by atoms with Crippen molar-refractivity contribution in [1.82, 2.24) is 0 Å². The van der Waals surface area contributed by atoms with Gasteiger partial charge < -0.3 is 5.73 Å². The quantitative estimate of drug-likeness (QED) is 0.824. The number of hydrogen-bond acceptors (Lipinski definition) is 3. The fraction of sp³-hybridized carbons (Fsp3) is 0.333. The molecule has 4 nitrogen and oxygen atoms in total. The van der Waals surface area contributed by atoms with E-state index in [4.69, 9.17) is 5.73 Å². The Kier molecular flexibility index (Phi) is 3.56. The summed E-state index contributed by atoms with van der Waals surface area (Å²) in [6.45, 7) is 1.38. The van der Waals surface area contributed by atoms with Crippen molar-refractivity contribution < 1.29 is 21.6 Å². The first-order chi connectivity index (χ1) is 7.65. The van der Waals surface area contributed by atoms with Gasteiger partial charge in [0.25, 0.3) is 0 Å². The maximum Gasteiger partial charge on any atom is 0.418 e. The van der Waals surface area contributed by atoms with Crippen LogP contribution < -0.4 is 10.5 Å². The summed E-state index contributed by atoms with van der Waals surface area (Å²) in [6.07, 6.45) is -4.61. The Morgan fingerprint density at radius 1 is 1.35 bits per heavy atom. The van der Waals surface area contributed by atoms with Crippen LogP contribution in [0.15, 0.2) is 18.2 Å². The van der Waals surface area contributed by atoms with Crippen molar-refractivity contribution in [3.63, 3.8) is 0 Å². The third-order valence-electron chi connectivity index (χ3n) is 2.01. The lowest BCUT2D eigenvalue weighted by atomic mass is 10.1. The van der Waals surface area contributed by atoms with E-state index in [1.54, 1.807) is 0 Å². The summed E-state index contributed by atoms with van der Waals surface area (Å²) in [7, 11) is -3.61. The Morgan fingerprint density at radius 3 is 2.41 bits per heavy atom. The molecule has 0 amide bonds. The van der Waals surface area contributed by atoms with Crippen molar-refractivity contribution in [1.29, 1.82) is 0 Å². The fourth-order valence-electron chi connectivity index (χ4n) is 1.12. The maximum absolute atomic E-state index is 12.5. The molecule has 17 heavy (non-hydrogen) atoms. The van der Waals surface area contributed by atoms with E-state index in [2.05, 4.69) is 0 Å². The number of halogens is 3. The highest BCUT2D eigenvalue weighted by Gasteiger charge is 2.33. The zero-order valence-corrected chi connectivity index (χ0v) is 9.69. The summed E-state index contributed by atoms with van der Waals surface area (Å²) in [6, 6.07) is 2.86. The SMILES string of the molecule is CCS(=O)(=O)Nc1ccc(N)c(C(F)(F)F)c1. The highest BCUT2D eigenvalue weighted by Crippen LogP contribution is 2.35. The molecule has 0 radical (unpaired) electrons. The average Bonchev–Trinajstić information content (AvgIpc) is 2.19. The van der Waals surface area contributed by atoms with E-state index in [9.17, 15) is 21.6 Å². The molecule has 0 unspecified atom stereocenters. The van der Waals surface area contributed by atoms with Crippen LogP contribution >= 0.6 is 0 Å². The first-order valence-corrected chi connectivity index (χ1v) is 6.28. The normalized spacial score (nSPS) is 12.5. The molecule has 0 bridgehead atoms. The summed E-state index contributed by atoms with van der Waals surface area (Å²) in [4.78, 5) is 0. The number of benzene rings is 1. The second-order valence-corrected chi connectivity index (χ2v) is 5.32. The molecule has 1 rings (SSSR count). The van der Waals surface area contributed by atoms with Gasteiger partial charge in [0.1, 0.15) is 0 Å². The zero-order chi connectivity index (χ0) is 13.3. The van der Waals surface area contributed by atoms with E-state index < -0.39 is 27.5 Å². The molecule has 0 heterocycles. The summed E-state index contributed by atoms with van der Waals surface area (Å²) in [5, 5.41) is 0. The highest BCUT2D eigenvalue weighted by atomic mass is 32.2. The number of rotatable bonds is 3. The van der Waals surface area contributed by atoms with Crippen molar-refractivity contribution in [2.24, 2.45) is 0 Å². The van der Waals surface area contributed by atoms with Gasteiger partial charge in [-0.15, -0.1) is 0 Å². The molecule has 3 N–H and O–H groups in total. The molecule has 96 valence electrons. The molecular formula is C9H11F3N2O2S. The van der Waals surface area contributed by atoms with Gasteiger partial charge in [-0.2, -0.15) is 13.2 Å². The monoisotopic (exact) mass is 268 g/mol. The summed E-state index contributed by atoms with van der Waals surface area (Å²) < 4.78 is 61.9. The number of anilines is 2. The molecule has 0 aliphatic rings. The molecule has 0 aliphatic heterocycles. The zero-order valence-electron chi connectivity index (χ0n) is 8.88. The van der Waals surface area contributed by atoms with E-state index in [-0.39, 0.29) is 11.4 Å². The number of alkyl halides is 3. The van der Waals surface area contributed by atoms with E-state index in [0.717, 1.165) is 6.07 Å². The van der Waals surface area contributed by atoms with Crippen molar-refractivity contribution in [3.8, 4) is 0 Å². The van der Waals surface area contributed by atoms with Gasteiger partial charge >= 0.3 is 6.18 Å². The first-order valence-electron chi connectivity index (χ1n) is 4.63. The lowest BCUT2D eigenvalue weighted by Gasteiger charge is -2.12. The van der Waals surface area contributed by atoms with Crippen LogP contribution in [-0.2, 0) is 16.2 Å². The van der Waals surface area contributed by atoms with Gasteiger partial charge in [0, 0.05) is 11.4 Å². The first kappa shape index (κ1) is 13.6. The van der Waals surface area contributed by atoms with Crippen molar-refractivity contribution in [2.75, 3.05) is 16.2 Å². The fourth-order valence-corrected chi connectivity index (χ4v) is 1.75. The second kappa shape index (κ2) is 4.44. The number of hydrogen-bond donors (Lipinski definition) is 2. The topological polar surface area (TPSA) is 72.2 Å². The Labute approximate surface area is 96.7 Å². The van der Waals surface area contributed by atoms with Gasteiger partial charge in [-0.25, -0.2) is 8.42 Å². The van der Waals surface area contributed by atoms with Crippen LogP contribution in [0.2, 0.25) is 0 Å². The van der Waals surface area contributed by atoms with E-state index in [1.165, 1.54) is 13.0 Å². The smallest absolute Gasteiger partial charge is 0.398 e. The van der Waals surface area contributed by atoms with Crippen LogP contribution in [0.4, 0.5) is 24.5 Å². The Hall–Kier alpha value is -1.44. The largest absolute Gasteiger partial charge is 0.418 e. The number of sulfonamides is 1. The van der Waals surface area contributed by atoms with Crippen LogP contribution in [0.1, 0.15) is 12.5 Å². The van der Waals surface area contributed by atoms with E-state index in [1.807, 2.05) is 4.72 Å². The average molecular weight is 268 g/mol.